The molecule has 0 spiro atoms. The molecule has 1 N–H and O–H groups in total. The van der Waals surface area contributed by atoms with Crippen LogP contribution < -0.4 is 0 Å². The molecule has 2 rings (SSSR count). The normalized spacial score (nSPS) is 14.8. The second-order valence-corrected chi connectivity index (χ2v) is 5.41. The van der Waals surface area contributed by atoms with Crippen LogP contribution >= 0.6 is 0 Å². The van der Waals surface area contributed by atoms with E-state index in [4.69, 9.17) is 0 Å². The molecule has 0 amide bonds. The molecule has 0 saturated carbocycles. The van der Waals surface area contributed by atoms with E-state index in [1.165, 1.54) is 25.1 Å². The smallest absolute Gasteiger partial charge is 0.381 e. The predicted molar refractivity (Wildman–Crippen MR) is 76.0 cm³/mol. The highest BCUT2D eigenvalue weighted by atomic mass is 19.4. The van der Waals surface area contributed by atoms with E-state index in [2.05, 4.69) is 0 Å². The van der Waals surface area contributed by atoms with Crippen molar-refractivity contribution in [3.05, 3.63) is 70.3 Å². The molecule has 112 valence electrons. The van der Waals surface area contributed by atoms with Gasteiger partial charge < -0.3 is 5.11 Å². The molecule has 0 aliphatic carbocycles. The van der Waals surface area contributed by atoms with Gasteiger partial charge in [-0.25, -0.2) is 0 Å². The van der Waals surface area contributed by atoms with Crippen LogP contribution in [0.2, 0.25) is 0 Å². The van der Waals surface area contributed by atoms with Crippen LogP contribution in [0.4, 0.5) is 13.2 Å². The number of hydrogen-bond acceptors (Lipinski definition) is 1. The van der Waals surface area contributed by atoms with Gasteiger partial charge in [-0.15, -0.1) is 0 Å². The lowest BCUT2D eigenvalue weighted by Gasteiger charge is -2.28. The van der Waals surface area contributed by atoms with Gasteiger partial charge >= 0.3 is 6.18 Å². The van der Waals surface area contributed by atoms with Crippen molar-refractivity contribution in [3.63, 3.8) is 0 Å². The van der Waals surface area contributed by atoms with Gasteiger partial charge in [0.25, 0.3) is 0 Å². The highest BCUT2D eigenvalue weighted by Crippen LogP contribution is 2.39. The summed E-state index contributed by atoms with van der Waals surface area (Å²) in [5.41, 5.74) is -0.253. The summed E-state index contributed by atoms with van der Waals surface area (Å²) in [6.45, 7) is 5.17. The van der Waals surface area contributed by atoms with Crippen LogP contribution in [0.15, 0.2) is 42.5 Å². The molecule has 21 heavy (non-hydrogen) atoms. The topological polar surface area (TPSA) is 20.2 Å². The second kappa shape index (κ2) is 5.19. The molecule has 0 radical (unpaired) electrons. The maximum Gasteiger partial charge on any atom is 0.416 e. The molecule has 0 saturated heterocycles. The highest BCUT2D eigenvalue weighted by molar-refractivity contribution is 5.43. The first kappa shape index (κ1) is 15.6. The number of benzene rings is 2. The molecule has 0 fully saturated rings. The third kappa shape index (κ3) is 2.95. The van der Waals surface area contributed by atoms with Gasteiger partial charge in [-0.05, 0) is 49.1 Å². The van der Waals surface area contributed by atoms with E-state index >= 15 is 0 Å². The number of alkyl halides is 3. The molecule has 2 aromatic carbocycles. The SMILES string of the molecule is Cc1ccc(C(C)(O)c2ccccc2C(F)(F)F)cc1C. The van der Waals surface area contributed by atoms with Crippen molar-refractivity contribution in [3.8, 4) is 0 Å². The Kier molecular flexibility index (Phi) is 3.85. The van der Waals surface area contributed by atoms with E-state index in [1.54, 1.807) is 18.2 Å². The zero-order valence-electron chi connectivity index (χ0n) is 12.1. The number of halogens is 3. The van der Waals surface area contributed by atoms with Gasteiger partial charge in [0.15, 0.2) is 0 Å². The van der Waals surface area contributed by atoms with Crippen LogP contribution in [0.5, 0.6) is 0 Å². The van der Waals surface area contributed by atoms with Crippen LogP contribution in [0, 0.1) is 13.8 Å². The van der Waals surface area contributed by atoms with Gasteiger partial charge in [0.2, 0.25) is 0 Å². The van der Waals surface area contributed by atoms with E-state index in [0.717, 1.165) is 17.2 Å². The molecule has 0 aliphatic heterocycles. The summed E-state index contributed by atoms with van der Waals surface area (Å²) < 4.78 is 39.4. The van der Waals surface area contributed by atoms with Crippen molar-refractivity contribution in [1.29, 1.82) is 0 Å². The lowest BCUT2D eigenvalue weighted by atomic mass is 9.84. The zero-order chi connectivity index (χ0) is 15.8. The summed E-state index contributed by atoms with van der Waals surface area (Å²) in [5.74, 6) is 0. The summed E-state index contributed by atoms with van der Waals surface area (Å²) in [4.78, 5) is 0. The standard InChI is InChI=1S/C17H17F3O/c1-11-8-9-13(10-12(11)2)16(3,21)14-6-4-5-7-15(14)17(18,19)20/h4-10,21H,1-3H3. The number of rotatable bonds is 2. The van der Waals surface area contributed by atoms with Crippen molar-refractivity contribution in [1.82, 2.24) is 0 Å². The molecular weight excluding hydrogens is 277 g/mol. The Morgan fingerprint density at radius 2 is 1.43 bits per heavy atom. The molecule has 1 unspecified atom stereocenters. The molecule has 2 aromatic rings. The van der Waals surface area contributed by atoms with Crippen LogP contribution in [0.1, 0.15) is 34.7 Å². The Hall–Kier alpha value is -1.81. The third-order valence-electron chi connectivity index (χ3n) is 3.83. The minimum absolute atomic E-state index is 0.138. The first-order valence-corrected chi connectivity index (χ1v) is 6.61. The first-order chi connectivity index (χ1) is 9.64. The van der Waals surface area contributed by atoms with Gasteiger partial charge in [-0.3, -0.25) is 0 Å². The number of hydrogen-bond donors (Lipinski definition) is 1. The van der Waals surface area contributed by atoms with E-state index < -0.39 is 17.3 Å². The minimum atomic E-state index is -4.50. The van der Waals surface area contributed by atoms with Crippen LogP contribution in [0.3, 0.4) is 0 Å². The maximum absolute atomic E-state index is 13.1. The van der Waals surface area contributed by atoms with E-state index in [0.29, 0.717) is 5.56 Å². The summed E-state index contributed by atoms with van der Waals surface area (Å²) in [5, 5.41) is 10.7. The second-order valence-electron chi connectivity index (χ2n) is 5.41. The predicted octanol–water partition coefficient (Wildman–Crippen LogP) is 4.58. The van der Waals surface area contributed by atoms with E-state index in [-0.39, 0.29) is 5.56 Å². The summed E-state index contributed by atoms with van der Waals surface area (Å²) in [7, 11) is 0. The van der Waals surface area contributed by atoms with Gasteiger partial charge in [0.1, 0.15) is 5.60 Å². The Balaban J connectivity index is 2.61. The molecular formula is C17H17F3O. The molecule has 1 atom stereocenters. The molecule has 0 bridgehead atoms. The van der Waals surface area contributed by atoms with E-state index in [9.17, 15) is 18.3 Å². The van der Waals surface area contributed by atoms with E-state index in [1.807, 2.05) is 13.8 Å². The largest absolute Gasteiger partial charge is 0.416 e. The molecule has 0 heterocycles. The summed E-state index contributed by atoms with van der Waals surface area (Å²) in [6.07, 6.45) is -4.50. The fourth-order valence-electron chi connectivity index (χ4n) is 2.35. The van der Waals surface area contributed by atoms with Crippen molar-refractivity contribution < 1.29 is 18.3 Å². The monoisotopic (exact) mass is 294 g/mol. The van der Waals surface area contributed by atoms with Gasteiger partial charge in [0.05, 0.1) is 5.56 Å². The third-order valence-corrected chi connectivity index (χ3v) is 3.83. The molecule has 0 aliphatic rings. The average molecular weight is 294 g/mol. The Morgan fingerprint density at radius 3 is 1.95 bits per heavy atom. The van der Waals surface area contributed by atoms with Crippen molar-refractivity contribution >= 4 is 0 Å². The van der Waals surface area contributed by atoms with Gasteiger partial charge in [0, 0.05) is 0 Å². The van der Waals surface area contributed by atoms with Gasteiger partial charge in [-0.1, -0.05) is 36.4 Å². The van der Waals surface area contributed by atoms with Crippen LogP contribution in [0.25, 0.3) is 0 Å². The lowest BCUT2D eigenvalue weighted by molar-refractivity contribution is -0.139. The number of aliphatic hydroxyl groups is 1. The summed E-state index contributed by atoms with van der Waals surface area (Å²) in [6, 6.07) is 10.3. The number of aryl methyl sites for hydroxylation is 2. The Labute approximate surface area is 122 Å². The fraction of sp³-hybridized carbons (Fsp3) is 0.294. The maximum atomic E-state index is 13.1. The van der Waals surface area contributed by atoms with Crippen LogP contribution in [-0.2, 0) is 11.8 Å². The molecule has 1 nitrogen and oxygen atoms in total. The lowest BCUT2D eigenvalue weighted by Crippen LogP contribution is -2.27. The first-order valence-electron chi connectivity index (χ1n) is 6.61. The summed E-state index contributed by atoms with van der Waals surface area (Å²) >= 11 is 0. The van der Waals surface area contributed by atoms with Gasteiger partial charge in [-0.2, -0.15) is 13.2 Å². The minimum Gasteiger partial charge on any atom is -0.381 e. The molecule has 4 heteroatoms. The fourth-order valence-corrected chi connectivity index (χ4v) is 2.35. The Bertz CT molecular complexity index is 657. The van der Waals surface area contributed by atoms with Crippen molar-refractivity contribution in [2.45, 2.75) is 32.5 Å². The zero-order valence-corrected chi connectivity index (χ0v) is 12.1. The van der Waals surface area contributed by atoms with Crippen LogP contribution in [-0.4, -0.2) is 5.11 Å². The average Bonchev–Trinajstić information content (AvgIpc) is 2.41. The van der Waals surface area contributed by atoms with Crippen molar-refractivity contribution in [2.75, 3.05) is 0 Å². The Morgan fingerprint density at radius 1 is 0.857 bits per heavy atom. The van der Waals surface area contributed by atoms with Crippen molar-refractivity contribution in [2.24, 2.45) is 0 Å². The quantitative estimate of drug-likeness (QED) is 0.859. The molecule has 0 aromatic heterocycles. The highest BCUT2D eigenvalue weighted by Gasteiger charge is 2.39.